The molecule has 0 aliphatic carbocycles. The van der Waals surface area contributed by atoms with E-state index in [4.69, 9.17) is 13.9 Å². The molecule has 1 N–H and O–H groups in total. The fourth-order valence-corrected chi connectivity index (χ4v) is 4.26. The van der Waals surface area contributed by atoms with Crippen molar-refractivity contribution >= 4 is 44.4 Å². The fourth-order valence-electron chi connectivity index (χ4n) is 2.72. The van der Waals surface area contributed by atoms with Crippen molar-refractivity contribution in [2.24, 2.45) is 0 Å². The molecule has 1 amide bonds. The molecule has 0 aliphatic heterocycles. The highest BCUT2D eigenvalue weighted by Gasteiger charge is 2.16. The molecule has 0 fully saturated rings. The number of methoxy groups -OCH3 is 2. The van der Waals surface area contributed by atoms with Crippen LogP contribution in [0.25, 0.3) is 21.7 Å². The second-order valence-electron chi connectivity index (χ2n) is 6.27. The first-order valence-corrected chi connectivity index (χ1v) is 10.7. The fraction of sp³-hybridized carbons (Fsp3) is 0.200. The third-order valence-corrected chi connectivity index (χ3v) is 5.91. The summed E-state index contributed by atoms with van der Waals surface area (Å²) in [6.45, 7) is 2.02. The minimum atomic E-state index is -0.197. The van der Waals surface area contributed by atoms with Crippen molar-refractivity contribution in [1.82, 2.24) is 15.2 Å². The minimum absolute atomic E-state index is 0.121. The maximum atomic E-state index is 12.3. The van der Waals surface area contributed by atoms with Crippen LogP contribution in [0, 0.1) is 6.92 Å². The van der Waals surface area contributed by atoms with Crippen molar-refractivity contribution in [3.05, 3.63) is 42.0 Å². The van der Waals surface area contributed by atoms with Crippen LogP contribution in [0.1, 0.15) is 5.56 Å². The van der Waals surface area contributed by atoms with Gasteiger partial charge in [0.15, 0.2) is 5.13 Å². The third-order valence-electron chi connectivity index (χ3n) is 4.16. The molecule has 2 aromatic carbocycles. The Labute approximate surface area is 180 Å². The number of hydrogen-bond donors (Lipinski definition) is 1. The number of carbonyl (C=O) groups excluding carboxylic acids is 1. The summed E-state index contributed by atoms with van der Waals surface area (Å²) in [6, 6.07) is 11.3. The molecule has 8 nitrogen and oxygen atoms in total. The Morgan fingerprint density at radius 1 is 1.17 bits per heavy atom. The molecule has 0 spiro atoms. The van der Waals surface area contributed by atoms with Gasteiger partial charge in [-0.15, -0.1) is 10.2 Å². The van der Waals surface area contributed by atoms with Gasteiger partial charge in [0.1, 0.15) is 11.5 Å². The first-order chi connectivity index (χ1) is 14.6. The number of rotatable bonds is 7. The van der Waals surface area contributed by atoms with E-state index in [2.05, 4.69) is 20.5 Å². The topological polar surface area (TPSA) is 99.4 Å². The number of thiazole rings is 1. The van der Waals surface area contributed by atoms with Crippen LogP contribution in [0.3, 0.4) is 0 Å². The Morgan fingerprint density at radius 3 is 2.83 bits per heavy atom. The van der Waals surface area contributed by atoms with Gasteiger partial charge in [-0.05, 0) is 36.8 Å². The molecule has 0 unspecified atom stereocenters. The largest absolute Gasteiger partial charge is 0.497 e. The molecule has 0 atom stereocenters. The predicted octanol–water partition coefficient (Wildman–Crippen LogP) is 4.40. The van der Waals surface area contributed by atoms with E-state index >= 15 is 0 Å². The van der Waals surface area contributed by atoms with Gasteiger partial charge in [0, 0.05) is 6.07 Å². The first-order valence-electron chi connectivity index (χ1n) is 8.91. The zero-order valence-electron chi connectivity index (χ0n) is 16.5. The van der Waals surface area contributed by atoms with Gasteiger partial charge >= 0.3 is 0 Å². The van der Waals surface area contributed by atoms with Crippen LogP contribution >= 0.6 is 23.1 Å². The molecule has 154 valence electrons. The van der Waals surface area contributed by atoms with Crippen LogP contribution < -0.4 is 14.8 Å². The Bertz CT molecular complexity index is 1200. The van der Waals surface area contributed by atoms with Crippen molar-refractivity contribution in [3.8, 4) is 23.0 Å². The summed E-state index contributed by atoms with van der Waals surface area (Å²) in [4.78, 5) is 16.7. The normalized spacial score (nSPS) is 10.9. The minimum Gasteiger partial charge on any atom is -0.497 e. The lowest BCUT2D eigenvalue weighted by molar-refractivity contribution is -0.113. The monoisotopic (exact) mass is 442 g/mol. The number of aromatic nitrogens is 3. The van der Waals surface area contributed by atoms with E-state index in [9.17, 15) is 4.79 Å². The average Bonchev–Trinajstić information content (AvgIpc) is 3.37. The van der Waals surface area contributed by atoms with E-state index in [0.717, 1.165) is 27.5 Å². The first kappa shape index (κ1) is 20.2. The highest BCUT2D eigenvalue weighted by Crippen LogP contribution is 2.33. The summed E-state index contributed by atoms with van der Waals surface area (Å²) in [6.07, 6.45) is 0. The van der Waals surface area contributed by atoms with Crippen LogP contribution in [0.5, 0.6) is 11.5 Å². The van der Waals surface area contributed by atoms with Crippen molar-refractivity contribution in [3.63, 3.8) is 0 Å². The Kier molecular flexibility index (Phi) is 5.86. The van der Waals surface area contributed by atoms with Crippen molar-refractivity contribution in [2.45, 2.75) is 12.1 Å². The summed E-state index contributed by atoms with van der Waals surface area (Å²) >= 11 is 2.59. The van der Waals surface area contributed by atoms with E-state index < -0.39 is 0 Å². The molecule has 0 bridgehead atoms. The molecule has 0 saturated heterocycles. The van der Waals surface area contributed by atoms with Crippen molar-refractivity contribution < 1.29 is 18.7 Å². The predicted molar refractivity (Wildman–Crippen MR) is 117 cm³/mol. The smallest absolute Gasteiger partial charge is 0.277 e. The quantitative estimate of drug-likeness (QED) is 0.420. The molecular weight excluding hydrogens is 424 g/mol. The third kappa shape index (κ3) is 4.39. The number of benzene rings is 2. The van der Waals surface area contributed by atoms with Gasteiger partial charge in [0.05, 0.1) is 35.8 Å². The Morgan fingerprint density at radius 2 is 2.03 bits per heavy atom. The molecule has 10 heteroatoms. The van der Waals surface area contributed by atoms with Gasteiger partial charge in [-0.1, -0.05) is 29.2 Å². The molecule has 30 heavy (non-hydrogen) atoms. The molecule has 4 rings (SSSR count). The molecule has 4 aromatic rings. The zero-order chi connectivity index (χ0) is 21.1. The van der Waals surface area contributed by atoms with Crippen LogP contribution in [0.15, 0.2) is 46.0 Å². The number of nitrogens with one attached hydrogen (secondary N) is 1. The molecule has 0 radical (unpaired) electrons. The molecule has 2 aromatic heterocycles. The maximum absolute atomic E-state index is 12.3. The summed E-state index contributed by atoms with van der Waals surface area (Å²) < 4.78 is 17.3. The number of aryl methyl sites for hydroxylation is 1. The van der Waals surface area contributed by atoms with Gasteiger partial charge in [-0.2, -0.15) is 0 Å². The zero-order valence-corrected chi connectivity index (χ0v) is 18.1. The van der Waals surface area contributed by atoms with E-state index in [1.807, 2.05) is 25.1 Å². The standard InChI is InChI=1S/C20H18N4O4S2/c1-11-4-7-14-16(8-11)30-19(21-14)22-17(25)10-29-20-24-23-18(28-20)13-6-5-12(26-2)9-15(13)27-3/h4-9H,10H2,1-3H3,(H,21,22,25). The van der Waals surface area contributed by atoms with Gasteiger partial charge < -0.3 is 19.2 Å². The molecular formula is C20H18N4O4S2. The second kappa shape index (κ2) is 8.72. The molecule has 0 saturated carbocycles. The van der Waals surface area contributed by atoms with Crippen LogP contribution in [-0.2, 0) is 4.79 Å². The summed E-state index contributed by atoms with van der Waals surface area (Å²) in [5.41, 5.74) is 2.66. The Hall–Kier alpha value is -3.11. The molecule has 0 aliphatic rings. The van der Waals surface area contributed by atoms with E-state index in [1.165, 1.54) is 11.3 Å². The molecule has 2 heterocycles. The summed E-state index contributed by atoms with van der Waals surface area (Å²) in [5, 5.41) is 11.7. The van der Waals surface area contributed by atoms with Gasteiger partial charge in [0.25, 0.3) is 11.1 Å². The van der Waals surface area contributed by atoms with Gasteiger partial charge in [-0.25, -0.2) is 4.98 Å². The van der Waals surface area contributed by atoms with Gasteiger partial charge in [-0.3, -0.25) is 4.79 Å². The lowest BCUT2D eigenvalue weighted by Crippen LogP contribution is -2.13. The van der Waals surface area contributed by atoms with Crippen LogP contribution in [0.2, 0.25) is 0 Å². The van der Waals surface area contributed by atoms with E-state index in [0.29, 0.717) is 28.1 Å². The lowest BCUT2D eigenvalue weighted by Gasteiger charge is -2.07. The number of hydrogen-bond acceptors (Lipinski definition) is 9. The maximum Gasteiger partial charge on any atom is 0.277 e. The highest BCUT2D eigenvalue weighted by atomic mass is 32.2. The number of thioether (sulfide) groups is 1. The van der Waals surface area contributed by atoms with E-state index in [-0.39, 0.29) is 16.9 Å². The van der Waals surface area contributed by atoms with Crippen LogP contribution in [-0.4, -0.2) is 41.1 Å². The van der Waals surface area contributed by atoms with Gasteiger partial charge in [0.2, 0.25) is 5.91 Å². The number of carbonyl (C=O) groups is 1. The second-order valence-corrected chi connectivity index (χ2v) is 8.22. The van der Waals surface area contributed by atoms with E-state index in [1.54, 1.807) is 32.4 Å². The summed E-state index contributed by atoms with van der Waals surface area (Å²) in [7, 11) is 3.13. The number of anilines is 1. The highest BCUT2D eigenvalue weighted by molar-refractivity contribution is 7.99. The Balaban J connectivity index is 1.39. The SMILES string of the molecule is COc1ccc(-c2nnc(SCC(=O)Nc3nc4ccc(C)cc4s3)o2)c(OC)c1. The number of fused-ring (bicyclic) bond motifs is 1. The number of nitrogens with zero attached hydrogens (tertiary/aromatic N) is 3. The number of amides is 1. The number of ether oxygens (including phenoxy) is 2. The summed E-state index contributed by atoms with van der Waals surface area (Å²) in [5.74, 6) is 1.44. The van der Waals surface area contributed by atoms with Crippen molar-refractivity contribution in [2.75, 3.05) is 25.3 Å². The van der Waals surface area contributed by atoms with Crippen LogP contribution in [0.4, 0.5) is 5.13 Å². The average molecular weight is 443 g/mol. The van der Waals surface area contributed by atoms with Crippen molar-refractivity contribution in [1.29, 1.82) is 0 Å². The lowest BCUT2D eigenvalue weighted by atomic mass is 10.2.